The first-order chi connectivity index (χ1) is 19.9. The number of hydrogen-bond donors (Lipinski definition) is 3. The van der Waals surface area contributed by atoms with Gasteiger partial charge in [0.25, 0.3) is 11.8 Å². The van der Waals surface area contributed by atoms with Crippen molar-refractivity contribution >= 4 is 23.3 Å². The predicted octanol–water partition coefficient (Wildman–Crippen LogP) is 5.38. The lowest BCUT2D eigenvalue weighted by molar-refractivity contribution is -0.137. The van der Waals surface area contributed by atoms with Crippen molar-refractivity contribution in [2.75, 3.05) is 13.2 Å². The third-order valence-corrected chi connectivity index (χ3v) is 6.51. The van der Waals surface area contributed by atoms with Crippen LogP contribution < -0.4 is 11.1 Å². The zero-order valence-electron chi connectivity index (χ0n) is 23.2. The van der Waals surface area contributed by atoms with Gasteiger partial charge in [0.1, 0.15) is 17.7 Å². The number of amides is 2. The summed E-state index contributed by atoms with van der Waals surface area (Å²) in [5.41, 5.74) is 6.33. The second-order valence-electron chi connectivity index (χ2n) is 9.43. The highest BCUT2D eigenvalue weighted by atomic mass is 19.4. The van der Waals surface area contributed by atoms with Crippen LogP contribution >= 0.6 is 0 Å². The molecule has 1 atom stereocenters. The van der Waals surface area contributed by atoms with Crippen LogP contribution in [-0.2, 0) is 17.4 Å². The average molecular weight is 585 g/mol. The number of hydrogen-bond acceptors (Lipinski definition) is 5. The maximum absolute atomic E-state index is 14.1. The van der Waals surface area contributed by atoms with Gasteiger partial charge in [0, 0.05) is 23.4 Å². The van der Waals surface area contributed by atoms with Gasteiger partial charge in [-0.05, 0) is 74.7 Å². The smallest absolute Gasteiger partial charge is 0.400 e. The normalized spacial score (nSPS) is 13.3. The number of alkyl halides is 3. The van der Waals surface area contributed by atoms with Crippen LogP contribution in [0.25, 0.3) is 0 Å². The van der Waals surface area contributed by atoms with E-state index in [2.05, 4.69) is 10.3 Å². The van der Waals surface area contributed by atoms with Crippen molar-refractivity contribution in [3.8, 4) is 0 Å². The summed E-state index contributed by atoms with van der Waals surface area (Å²) in [6.45, 7) is 2.88. The molecule has 0 spiro atoms. The highest BCUT2D eigenvalue weighted by Crippen LogP contribution is 2.29. The molecule has 0 fully saturated rings. The van der Waals surface area contributed by atoms with Crippen molar-refractivity contribution in [2.45, 2.75) is 38.9 Å². The molecule has 222 valence electrons. The van der Waals surface area contributed by atoms with E-state index in [0.29, 0.717) is 22.9 Å². The third-order valence-electron chi connectivity index (χ3n) is 6.51. The Labute approximate surface area is 241 Å². The molecule has 0 saturated heterocycles. The summed E-state index contributed by atoms with van der Waals surface area (Å²) in [7, 11) is 0. The quantitative estimate of drug-likeness (QED) is 0.169. The Kier molecular flexibility index (Phi) is 11.0. The SMILES string of the molecule is CCN(C(=O)C(CCc1ccc(F)cc1)NC(=O)c1cccc(C(F)(F)F)c1)C(=Nc1ccccc1)/C(C)=C(\N)CO. The summed E-state index contributed by atoms with van der Waals surface area (Å²) in [5.74, 6) is -1.77. The van der Waals surface area contributed by atoms with Crippen LogP contribution in [0.3, 0.4) is 0 Å². The molecular formula is C31H32F4N4O3. The lowest BCUT2D eigenvalue weighted by Crippen LogP contribution is -2.51. The molecule has 42 heavy (non-hydrogen) atoms. The molecule has 0 bridgehead atoms. The van der Waals surface area contributed by atoms with E-state index in [1.807, 2.05) is 0 Å². The van der Waals surface area contributed by atoms with Gasteiger partial charge in [0.05, 0.1) is 17.9 Å². The van der Waals surface area contributed by atoms with Crippen molar-refractivity contribution in [1.29, 1.82) is 0 Å². The molecule has 0 saturated carbocycles. The molecule has 0 radical (unpaired) electrons. The van der Waals surface area contributed by atoms with Crippen molar-refractivity contribution in [2.24, 2.45) is 10.7 Å². The number of rotatable bonds is 10. The molecule has 1 unspecified atom stereocenters. The first-order valence-corrected chi connectivity index (χ1v) is 13.2. The van der Waals surface area contributed by atoms with Gasteiger partial charge in [-0.25, -0.2) is 9.38 Å². The van der Waals surface area contributed by atoms with Crippen molar-refractivity contribution in [3.05, 3.63) is 113 Å². The van der Waals surface area contributed by atoms with E-state index >= 15 is 0 Å². The van der Waals surface area contributed by atoms with Gasteiger partial charge in [0.2, 0.25) is 0 Å². The fraction of sp³-hybridized carbons (Fsp3) is 0.258. The Morgan fingerprint density at radius 1 is 1.02 bits per heavy atom. The lowest BCUT2D eigenvalue weighted by Gasteiger charge is -2.29. The van der Waals surface area contributed by atoms with E-state index in [0.717, 1.165) is 12.1 Å². The van der Waals surface area contributed by atoms with Crippen LogP contribution in [0.4, 0.5) is 23.2 Å². The van der Waals surface area contributed by atoms with Crippen molar-refractivity contribution in [3.63, 3.8) is 0 Å². The molecule has 0 aliphatic rings. The van der Waals surface area contributed by atoms with Gasteiger partial charge >= 0.3 is 6.18 Å². The molecule has 3 rings (SSSR count). The van der Waals surface area contributed by atoms with E-state index in [9.17, 15) is 32.3 Å². The van der Waals surface area contributed by atoms with Crippen LogP contribution in [0.2, 0.25) is 0 Å². The van der Waals surface area contributed by atoms with Gasteiger partial charge in [-0.15, -0.1) is 0 Å². The summed E-state index contributed by atoms with van der Waals surface area (Å²) in [6, 6.07) is 17.0. The fourth-order valence-electron chi connectivity index (χ4n) is 4.13. The number of aliphatic hydroxyl groups is 1. The average Bonchev–Trinajstić information content (AvgIpc) is 2.99. The molecule has 0 heterocycles. The maximum atomic E-state index is 14.1. The number of likely N-dealkylation sites (N-methyl/N-ethyl adjacent to an activating group) is 1. The Balaban J connectivity index is 2.02. The second-order valence-corrected chi connectivity index (χ2v) is 9.43. The third kappa shape index (κ3) is 8.50. The summed E-state index contributed by atoms with van der Waals surface area (Å²) in [4.78, 5) is 33.1. The van der Waals surface area contributed by atoms with Crippen molar-refractivity contribution < 1.29 is 32.3 Å². The summed E-state index contributed by atoms with van der Waals surface area (Å²) in [5, 5.41) is 12.3. The molecule has 0 aromatic heterocycles. The molecule has 3 aromatic rings. The highest BCUT2D eigenvalue weighted by molar-refractivity contribution is 6.10. The molecule has 4 N–H and O–H groups in total. The number of carbonyl (C=O) groups excluding carboxylic acids is 2. The van der Waals surface area contributed by atoms with Crippen LogP contribution in [0, 0.1) is 5.82 Å². The number of amidine groups is 1. The molecule has 11 heteroatoms. The molecule has 7 nitrogen and oxygen atoms in total. The van der Waals surface area contributed by atoms with Crippen molar-refractivity contribution in [1.82, 2.24) is 10.2 Å². The Morgan fingerprint density at radius 3 is 2.29 bits per heavy atom. The zero-order valence-corrected chi connectivity index (χ0v) is 23.2. The number of nitrogens with one attached hydrogen (secondary N) is 1. The number of aryl methyl sites for hydroxylation is 1. The van der Waals surface area contributed by atoms with E-state index in [1.54, 1.807) is 56.3 Å². The van der Waals surface area contributed by atoms with Gasteiger partial charge < -0.3 is 16.2 Å². The van der Waals surface area contributed by atoms with Gasteiger partial charge in [-0.3, -0.25) is 14.5 Å². The molecule has 2 amide bonds. The number of carbonyl (C=O) groups is 2. The summed E-state index contributed by atoms with van der Waals surface area (Å²) in [6.07, 6.45) is -4.37. The van der Waals surface area contributed by atoms with Crippen LogP contribution in [0.1, 0.15) is 41.8 Å². The number of nitrogens with zero attached hydrogens (tertiary/aromatic N) is 2. The Hall–Kier alpha value is -4.51. The van der Waals surface area contributed by atoms with Crippen LogP contribution in [0.5, 0.6) is 0 Å². The largest absolute Gasteiger partial charge is 0.416 e. The topological polar surface area (TPSA) is 108 Å². The van der Waals surface area contributed by atoms with E-state index in [4.69, 9.17) is 5.73 Å². The minimum absolute atomic E-state index is 0.0442. The first-order valence-electron chi connectivity index (χ1n) is 13.2. The number of para-hydroxylation sites is 1. The number of aliphatic hydroxyl groups excluding tert-OH is 1. The van der Waals surface area contributed by atoms with E-state index < -0.39 is 42.0 Å². The zero-order chi connectivity index (χ0) is 30.9. The van der Waals surface area contributed by atoms with Crippen LogP contribution in [-0.4, -0.2) is 46.8 Å². The van der Waals surface area contributed by atoms with Gasteiger partial charge in [-0.2, -0.15) is 13.2 Å². The van der Waals surface area contributed by atoms with E-state index in [1.165, 1.54) is 23.1 Å². The number of nitrogens with two attached hydrogens (primary N) is 1. The molecule has 0 aliphatic carbocycles. The standard InChI is InChI=1S/C31H32F4N4O3/c1-3-39(28(20(2)26(36)19-40)37-25-10-5-4-6-11-25)30(42)27(17-14-21-12-15-24(32)16-13-21)38-29(41)22-8-7-9-23(18-22)31(33,34)35/h4-13,15-16,18,27,40H,3,14,17,19,36H2,1-2H3,(H,38,41)/b26-20-,37-28?. The maximum Gasteiger partial charge on any atom is 0.416 e. The van der Waals surface area contributed by atoms with Crippen LogP contribution in [0.15, 0.2) is 95.1 Å². The van der Waals surface area contributed by atoms with E-state index in [-0.39, 0.29) is 36.5 Å². The first kappa shape index (κ1) is 32.0. The highest BCUT2D eigenvalue weighted by Gasteiger charge is 2.32. The summed E-state index contributed by atoms with van der Waals surface area (Å²) >= 11 is 0. The second kappa shape index (κ2) is 14.4. The monoisotopic (exact) mass is 584 g/mol. The number of halogens is 4. The molecular weight excluding hydrogens is 552 g/mol. The lowest BCUT2D eigenvalue weighted by atomic mass is 10.0. The summed E-state index contributed by atoms with van der Waals surface area (Å²) < 4.78 is 53.3. The minimum Gasteiger partial charge on any atom is -0.400 e. The molecule has 0 aliphatic heterocycles. The Bertz CT molecular complexity index is 1440. The molecule has 3 aromatic carbocycles. The fourth-order valence-corrected chi connectivity index (χ4v) is 4.13. The Morgan fingerprint density at radius 2 is 1.69 bits per heavy atom. The number of aliphatic imine (C=N–C) groups is 1. The minimum atomic E-state index is -4.66. The number of benzene rings is 3. The van der Waals surface area contributed by atoms with Gasteiger partial charge in [0.15, 0.2) is 0 Å². The van der Waals surface area contributed by atoms with Gasteiger partial charge in [-0.1, -0.05) is 36.4 Å². The predicted molar refractivity (Wildman–Crippen MR) is 152 cm³/mol.